The van der Waals surface area contributed by atoms with Gasteiger partial charge in [0.25, 0.3) is 5.56 Å². The first-order valence-corrected chi connectivity index (χ1v) is 10.1. The van der Waals surface area contributed by atoms with Gasteiger partial charge in [-0.05, 0) is 48.6 Å². The molecule has 6 nitrogen and oxygen atoms in total. The van der Waals surface area contributed by atoms with Crippen LogP contribution in [0.4, 0.5) is 0 Å². The third-order valence-corrected chi connectivity index (χ3v) is 6.56. The number of hydrogen-bond donors (Lipinski definition) is 2. The van der Waals surface area contributed by atoms with Crippen LogP contribution < -0.4 is 5.56 Å². The lowest BCUT2D eigenvalue weighted by molar-refractivity contribution is 0.251. The van der Waals surface area contributed by atoms with Crippen LogP contribution in [0.5, 0.6) is 0 Å². The zero-order valence-electron chi connectivity index (χ0n) is 15.3. The van der Waals surface area contributed by atoms with Gasteiger partial charge in [-0.2, -0.15) is 4.31 Å². The molecule has 0 unspecified atom stereocenters. The van der Waals surface area contributed by atoms with Crippen LogP contribution in [0.2, 0.25) is 0 Å². The van der Waals surface area contributed by atoms with Gasteiger partial charge in [0.2, 0.25) is 10.0 Å². The van der Waals surface area contributed by atoms with Crippen molar-refractivity contribution >= 4 is 20.9 Å². The molecular weight excluding hydrogens is 364 g/mol. The second kappa shape index (κ2) is 7.64. The summed E-state index contributed by atoms with van der Waals surface area (Å²) in [6, 6.07) is 13.6. The lowest BCUT2D eigenvalue weighted by atomic mass is 10.0. The van der Waals surface area contributed by atoms with Crippen molar-refractivity contribution in [3.8, 4) is 0 Å². The molecule has 0 radical (unpaired) electrons. The number of aromatic nitrogens is 1. The molecule has 0 bridgehead atoms. The number of rotatable bonds is 6. The quantitative estimate of drug-likeness (QED) is 0.680. The van der Waals surface area contributed by atoms with E-state index in [4.69, 9.17) is 0 Å². The van der Waals surface area contributed by atoms with Crippen LogP contribution in [0.25, 0.3) is 10.9 Å². The average Bonchev–Trinajstić information content (AvgIpc) is 2.66. The van der Waals surface area contributed by atoms with E-state index in [0.717, 1.165) is 26.3 Å². The Kier molecular flexibility index (Phi) is 5.46. The normalized spacial score (nSPS) is 12.0. The number of aryl methyl sites for hydroxylation is 2. The molecule has 0 amide bonds. The molecule has 1 aromatic heterocycles. The molecule has 2 N–H and O–H groups in total. The maximum atomic E-state index is 12.9. The van der Waals surface area contributed by atoms with Crippen molar-refractivity contribution < 1.29 is 13.5 Å². The van der Waals surface area contributed by atoms with Crippen molar-refractivity contribution in [3.05, 3.63) is 75.6 Å². The summed E-state index contributed by atoms with van der Waals surface area (Å²) in [5, 5.41) is 10.2. The van der Waals surface area contributed by atoms with E-state index in [2.05, 4.69) is 4.98 Å². The Morgan fingerprint density at radius 1 is 1.07 bits per heavy atom. The van der Waals surface area contributed by atoms with Crippen molar-refractivity contribution in [2.75, 3.05) is 13.2 Å². The Morgan fingerprint density at radius 2 is 1.78 bits per heavy atom. The van der Waals surface area contributed by atoms with Crippen LogP contribution in [0.15, 0.2) is 58.2 Å². The fraction of sp³-hybridized carbons (Fsp3) is 0.250. The predicted molar refractivity (Wildman–Crippen MR) is 105 cm³/mol. The highest BCUT2D eigenvalue weighted by Crippen LogP contribution is 2.21. The van der Waals surface area contributed by atoms with Crippen molar-refractivity contribution in [2.24, 2.45) is 0 Å². The summed E-state index contributed by atoms with van der Waals surface area (Å²) in [7, 11) is -3.83. The summed E-state index contributed by atoms with van der Waals surface area (Å²) in [6.07, 6.45) is 0. The number of nitrogens with zero attached hydrogens (tertiary/aromatic N) is 1. The molecule has 3 aromatic rings. The van der Waals surface area contributed by atoms with Crippen LogP contribution in [0, 0.1) is 13.8 Å². The van der Waals surface area contributed by atoms with Crippen molar-refractivity contribution in [1.82, 2.24) is 9.29 Å². The Labute approximate surface area is 158 Å². The number of nitrogens with one attached hydrogen (secondary N) is 1. The highest BCUT2D eigenvalue weighted by molar-refractivity contribution is 7.89. The molecular formula is C20H22N2O4S. The van der Waals surface area contributed by atoms with Gasteiger partial charge >= 0.3 is 0 Å². The molecule has 2 aromatic carbocycles. The third-order valence-electron chi connectivity index (χ3n) is 4.71. The molecule has 142 valence electrons. The summed E-state index contributed by atoms with van der Waals surface area (Å²) >= 11 is 0. The van der Waals surface area contributed by atoms with Gasteiger partial charge in [0, 0.05) is 18.7 Å². The lowest BCUT2D eigenvalue weighted by Crippen LogP contribution is -2.35. The van der Waals surface area contributed by atoms with Gasteiger partial charge in [0.1, 0.15) is 0 Å². The fourth-order valence-corrected chi connectivity index (χ4v) is 4.45. The number of fused-ring (bicyclic) bond motifs is 1. The minimum Gasteiger partial charge on any atom is -0.395 e. The molecule has 1 heterocycles. The number of hydrogen-bond acceptors (Lipinski definition) is 4. The first-order chi connectivity index (χ1) is 12.8. The smallest absolute Gasteiger partial charge is 0.252 e. The second-order valence-corrected chi connectivity index (χ2v) is 8.41. The van der Waals surface area contributed by atoms with Gasteiger partial charge in [-0.15, -0.1) is 0 Å². The van der Waals surface area contributed by atoms with Crippen LogP contribution >= 0.6 is 0 Å². The summed E-state index contributed by atoms with van der Waals surface area (Å²) < 4.78 is 26.9. The molecule has 0 saturated carbocycles. The number of H-pyrrole nitrogens is 1. The number of aliphatic hydroxyl groups is 1. The summed E-state index contributed by atoms with van der Waals surface area (Å²) in [5.41, 5.74) is 2.81. The highest BCUT2D eigenvalue weighted by atomic mass is 32.2. The van der Waals surface area contributed by atoms with Gasteiger partial charge in [-0.3, -0.25) is 4.79 Å². The Morgan fingerprint density at radius 3 is 2.44 bits per heavy atom. The first kappa shape index (κ1) is 19.3. The standard InChI is InChI=1S/C20H22N2O4S/c1-14-8-9-16-12-17(20(24)21-19(16)15(14)2)13-22(10-11-23)27(25,26)18-6-4-3-5-7-18/h3-9,12,23H,10-11,13H2,1-2H3,(H,21,24). The number of benzene rings is 2. The number of sulfonamides is 1. The minimum atomic E-state index is -3.83. The predicted octanol–water partition coefficient (Wildman–Crippen LogP) is 2.33. The fourth-order valence-electron chi connectivity index (χ4n) is 3.01. The molecule has 0 aliphatic rings. The van der Waals surface area contributed by atoms with E-state index in [0.29, 0.717) is 5.56 Å². The minimum absolute atomic E-state index is 0.0956. The van der Waals surface area contributed by atoms with E-state index < -0.39 is 10.0 Å². The van der Waals surface area contributed by atoms with Crippen molar-refractivity contribution in [2.45, 2.75) is 25.3 Å². The molecule has 27 heavy (non-hydrogen) atoms. The highest BCUT2D eigenvalue weighted by Gasteiger charge is 2.25. The summed E-state index contributed by atoms with van der Waals surface area (Å²) in [6.45, 7) is 3.36. The van der Waals surface area contributed by atoms with Crippen LogP contribution in [0.3, 0.4) is 0 Å². The van der Waals surface area contributed by atoms with Gasteiger partial charge in [-0.25, -0.2) is 8.42 Å². The zero-order valence-corrected chi connectivity index (χ0v) is 16.1. The monoisotopic (exact) mass is 386 g/mol. The molecule has 7 heteroatoms. The number of aliphatic hydroxyl groups excluding tert-OH is 1. The van der Waals surface area contributed by atoms with Crippen LogP contribution in [-0.4, -0.2) is 36.0 Å². The maximum Gasteiger partial charge on any atom is 0.252 e. The molecule has 0 atom stereocenters. The molecule has 0 spiro atoms. The van der Waals surface area contributed by atoms with Gasteiger partial charge in [0.05, 0.1) is 17.0 Å². The molecule has 3 rings (SSSR count). The van der Waals surface area contributed by atoms with Gasteiger partial charge < -0.3 is 10.1 Å². The molecule has 0 saturated heterocycles. The van der Waals surface area contributed by atoms with E-state index in [9.17, 15) is 18.3 Å². The SMILES string of the molecule is Cc1ccc2cc(CN(CCO)S(=O)(=O)c3ccccc3)c(=O)[nH]c2c1C. The number of pyridine rings is 1. The Bertz CT molecular complexity index is 1120. The van der Waals surface area contributed by atoms with E-state index in [1.807, 2.05) is 26.0 Å². The first-order valence-electron chi connectivity index (χ1n) is 8.63. The third kappa shape index (κ3) is 3.80. The van der Waals surface area contributed by atoms with Crippen LogP contribution in [-0.2, 0) is 16.6 Å². The van der Waals surface area contributed by atoms with Gasteiger partial charge in [0.15, 0.2) is 0 Å². The zero-order chi connectivity index (χ0) is 19.6. The molecule has 0 aliphatic heterocycles. The summed E-state index contributed by atoms with van der Waals surface area (Å²) in [4.78, 5) is 15.6. The Hall–Kier alpha value is -2.48. The Balaban J connectivity index is 2.04. The maximum absolute atomic E-state index is 12.9. The second-order valence-electron chi connectivity index (χ2n) is 6.47. The van der Waals surface area contributed by atoms with Crippen molar-refractivity contribution in [3.63, 3.8) is 0 Å². The van der Waals surface area contributed by atoms with E-state index in [-0.39, 0.29) is 30.2 Å². The topological polar surface area (TPSA) is 90.5 Å². The lowest BCUT2D eigenvalue weighted by Gasteiger charge is -2.21. The number of aromatic amines is 1. The summed E-state index contributed by atoms with van der Waals surface area (Å²) in [5.74, 6) is 0. The van der Waals surface area contributed by atoms with Gasteiger partial charge in [-0.1, -0.05) is 30.3 Å². The van der Waals surface area contributed by atoms with E-state index >= 15 is 0 Å². The van der Waals surface area contributed by atoms with Crippen molar-refractivity contribution in [1.29, 1.82) is 0 Å². The van der Waals surface area contributed by atoms with E-state index in [1.165, 1.54) is 12.1 Å². The van der Waals surface area contributed by atoms with Crippen LogP contribution in [0.1, 0.15) is 16.7 Å². The average molecular weight is 386 g/mol. The van der Waals surface area contributed by atoms with E-state index in [1.54, 1.807) is 24.3 Å². The largest absolute Gasteiger partial charge is 0.395 e. The molecule has 0 fully saturated rings. The molecule has 0 aliphatic carbocycles.